The Labute approximate surface area is 133 Å². The zero-order chi connectivity index (χ0) is 12.9. The van der Waals surface area contributed by atoms with Gasteiger partial charge in [-0.25, -0.2) is 8.42 Å². The molecule has 0 heterocycles. The van der Waals surface area contributed by atoms with E-state index in [0.717, 1.165) is 22.3 Å². The molecule has 0 bridgehead atoms. The molecule has 4 nitrogen and oxygen atoms in total. The second-order valence-corrected chi connectivity index (χ2v) is 5.64. The van der Waals surface area contributed by atoms with Crippen molar-refractivity contribution >= 4 is 15.8 Å². The van der Waals surface area contributed by atoms with Gasteiger partial charge in [-0.05, 0) is 28.3 Å². The van der Waals surface area contributed by atoms with Crippen LogP contribution in [0.25, 0.3) is 11.1 Å². The summed E-state index contributed by atoms with van der Waals surface area (Å²) >= 11 is 0. The average Bonchev–Trinajstić information content (AvgIpc) is 2.68. The molecule has 19 heavy (non-hydrogen) atoms. The predicted octanol–water partition coefficient (Wildman–Crippen LogP) is -1.25. The number of nitrogens with two attached hydrogens (primary N) is 1. The number of nitrogen functional groups attached to an aromatic ring is 1. The average molecular weight is 283 g/mol. The second-order valence-electron chi connectivity index (χ2n) is 4.29. The Hall–Kier alpha value is -0.850. The van der Waals surface area contributed by atoms with Crippen LogP contribution in [0.2, 0.25) is 0 Å². The van der Waals surface area contributed by atoms with Gasteiger partial charge in [0, 0.05) is 6.42 Å². The van der Waals surface area contributed by atoms with Crippen LogP contribution in [0, 0.1) is 0 Å². The molecule has 92 valence electrons. The number of anilines is 1. The molecule has 0 fully saturated rings. The Morgan fingerprint density at radius 3 is 2.42 bits per heavy atom. The zero-order valence-electron chi connectivity index (χ0n) is 10.4. The van der Waals surface area contributed by atoms with Gasteiger partial charge in [-0.1, -0.05) is 30.3 Å². The summed E-state index contributed by atoms with van der Waals surface area (Å²) < 4.78 is 33.3. The molecule has 2 aromatic rings. The third-order valence-corrected chi connectivity index (χ3v) is 4.16. The van der Waals surface area contributed by atoms with Crippen LogP contribution in [0.3, 0.4) is 0 Å². The van der Waals surface area contributed by atoms with Crippen molar-refractivity contribution in [1.29, 1.82) is 0 Å². The van der Waals surface area contributed by atoms with E-state index >= 15 is 0 Å². The quantitative estimate of drug-likeness (QED) is 0.343. The summed E-state index contributed by atoms with van der Waals surface area (Å²) in [6.45, 7) is 0. The van der Waals surface area contributed by atoms with Crippen molar-refractivity contribution in [2.45, 2.75) is 11.3 Å². The summed E-state index contributed by atoms with van der Waals surface area (Å²) in [7, 11) is -4.52. The van der Waals surface area contributed by atoms with Crippen LogP contribution >= 0.6 is 0 Å². The van der Waals surface area contributed by atoms with Gasteiger partial charge in [0.1, 0.15) is 10.1 Å². The number of hydrogen-bond donors (Lipinski definition) is 1. The molecule has 0 saturated carbocycles. The Morgan fingerprint density at radius 2 is 1.74 bits per heavy atom. The van der Waals surface area contributed by atoms with Crippen LogP contribution in [0.4, 0.5) is 5.69 Å². The molecular formula is C13H10NNaO3S. The summed E-state index contributed by atoms with van der Waals surface area (Å²) in [5, 5.41) is 0. The Morgan fingerprint density at radius 1 is 1.05 bits per heavy atom. The van der Waals surface area contributed by atoms with Gasteiger partial charge in [0.15, 0.2) is 0 Å². The number of benzene rings is 2. The summed E-state index contributed by atoms with van der Waals surface area (Å²) in [5.41, 5.74) is 9.69. The molecule has 2 N–H and O–H groups in total. The van der Waals surface area contributed by atoms with Crippen LogP contribution < -0.4 is 35.3 Å². The minimum absolute atomic E-state index is 0. The first-order chi connectivity index (χ1) is 8.48. The molecule has 0 saturated heterocycles. The molecule has 6 heteroatoms. The van der Waals surface area contributed by atoms with Crippen molar-refractivity contribution in [3.05, 3.63) is 47.5 Å². The number of fused-ring (bicyclic) bond motifs is 3. The molecule has 1 aliphatic rings. The second kappa shape index (κ2) is 4.92. The first kappa shape index (κ1) is 14.6. The van der Waals surface area contributed by atoms with Gasteiger partial charge in [-0.3, -0.25) is 0 Å². The molecule has 3 rings (SSSR count). The van der Waals surface area contributed by atoms with Crippen molar-refractivity contribution < 1.29 is 42.5 Å². The first-order valence-electron chi connectivity index (χ1n) is 5.44. The van der Waals surface area contributed by atoms with Gasteiger partial charge >= 0.3 is 29.6 Å². The molecule has 0 amide bonds. The van der Waals surface area contributed by atoms with Gasteiger partial charge in [0.2, 0.25) is 0 Å². The van der Waals surface area contributed by atoms with E-state index in [1.165, 1.54) is 6.07 Å². The molecule has 2 aromatic carbocycles. The van der Waals surface area contributed by atoms with E-state index in [4.69, 9.17) is 5.73 Å². The Balaban J connectivity index is 0.00000133. The summed E-state index contributed by atoms with van der Waals surface area (Å²) in [4.78, 5) is -0.325. The maximum Gasteiger partial charge on any atom is 1.00 e. The minimum Gasteiger partial charge on any atom is -0.744 e. The van der Waals surface area contributed by atoms with Crippen molar-refractivity contribution in [2.75, 3.05) is 5.73 Å². The fourth-order valence-corrected chi connectivity index (χ4v) is 3.06. The van der Waals surface area contributed by atoms with Crippen LogP contribution in [-0.4, -0.2) is 13.0 Å². The van der Waals surface area contributed by atoms with Crippen LogP contribution in [0.1, 0.15) is 11.1 Å². The number of hydrogen-bond acceptors (Lipinski definition) is 4. The van der Waals surface area contributed by atoms with Gasteiger partial charge in [-0.15, -0.1) is 0 Å². The van der Waals surface area contributed by atoms with E-state index in [9.17, 15) is 13.0 Å². The summed E-state index contributed by atoms with van der Waals surface area (Å²) in [6.07, 6.45) is 0.570. The molecule has 0 unspecified atom stereocenters. The molecular weight excluding hydrogens is 273 g/mol. The Kier molecular flexibility index (Phi) is 3.77. The van der Waals surface area contributed by atoms with Crippen molar-refractivity contribution in [3.8, 4) is 11.1 Å². The monoisotopic (exact) mass is 283 g/mol. The standard InChI is InChI=1S/C13H11NO3S.Na/c14-13-11-7-8-3-1-2-4-9(8)10(11)5-6-12(13)18(15,16)17;/h1-6H,7,14H2,(H,15,16,17);/q;+1/p-1. The molecule has 0 radical (unpaired) electrons. The largest absolute Gasteiger partial charge is 1.00 e. The third-order valence-electron chi connectivity index (χ3n) is 3.26. The smallest absolute Gasteiger partial charge is 0.744 e. The predicted molar refractivity (Wildman–Crippen MR) is 67.1 cm³/mol. The molecule has 0 aliphatic heterocycles. The molecule has 0 aromatic heterocycles. The van der Waals surface area contributed by atoms with Crippen molar-refractivity contribution in [1.82, 2.24) is 0 Å². The van der Waals surface area contributed by atoms with Gasteiger partial charge in [0.05, 0.1) is 10.6 Å². The van der Waals surface area contributed by atoms with Gasteiger partial charge in [-0.2, -0.15) is 0 Å². The van der Waals surface area contributed by atoms with Crippen LogP contribution in [-0.2, 0) is 16.5 Å². The first-order valence-corrected chi connectivity index (χ1v) is 6.85. The van der Waals surface area contributed by atoms with Crippen LogP contribution in [0.15, 0.2) is 41.3 Å². The molecule has 1 aliphatic carbocycles. The van der Waals surface area contributed by atoms with E-state index in [0.29, 0.717) is 6.42 Å². The van der Waals surface area contributed by atoms with E-state index < -0.39 is 10.1 Å². The summed E-state index contributed by atoms with van der Waals surface area (Å²) in [6, 6.07) is 10.7. The number of rotatable bonds is 1. The summed E-state index contributed by atoms with van der Waals surface area (Å²) in [5.74, 6) is 0. The van der Waals surface area contributed by atoms with Gasteiger partial charge in [0.25, 0.3) is 0 Å². The van der Waals surface area contributed by atoms with Crippen molar-refractivity contribution in [2.24, 2.45) is 0 Å². The van der Waals surface area contributed by atoms with Gasteiger partial charge < -0.3 is 10.3 Å². The minimum atomic E-state index is -4.52. The van der Waals surface area contributed by atoms with E-state index in [1.54, 1.807) is 6.07 Å². The molecule has 0 spiro atoms. The topological polar surface area (TPSA) is 83.2 Å². The van der Waals surface area contributed by atoms with Crippen molar-refractivity contribution in [3.63, 3.8) is 0 Å². The van der Waals surface area contributed by atoms with E-state index in [1.807, 2.05) is 24.3 Å². The van der Waals surface area contributed by atoms with E-state index in [2.05, 4.69) is 0 Å². The fraction of sp³-hybridized carbons (Fsp3) is 0.0769. The van der Waals surface area contributed by atoms with E-state index in [-0.39, 0.29) is 40.1 Å². The third kappa shape index (κ3) is 2.32. The van der Waals surface area contributed by atoms with Crippen LogP contribution in [0.5, 0.6) is 0 Å². The zero-order valence-corrected chi connectivity index (χ0v) is 13.2. The SMILES string of the molecule is Nc1c(S(=O)(=O)[O-])ccc2c1Cc1ccccc1-2.[Na+]. The maximum absolute atomic E-state index is 11.1. The maximum atomic E-state index is 11.1. The molecule has 0 atom stereocenters. The fourth-order valence-electron chi connectivity index (χ4n) is 2.43. The normalized spacial score (nSPS) is 12.5. The Bertz CT molecular complexity index is 756.